The van der Waals surface area contributed by atoms with Gasteiger partial charge in [-0.2, -0.15) is 0 Å². The Morgan fingerprint density at radius 3 is 2.47 bits per heavy atom. The van der Waals surface area contributed by atoms with Gasteiger partial charge in [0.15, 0.2) is 11.5 Å². The SMILES string of the molecule is COc1ccc([C@@H]2C(=O)N(C3CCCCC3)CC(=O)N2Cc2ccc3c(c2)OCO3)cc1. The van der Waals surface area contributed by atoms with E-state index >= 15 is 0 Å². The molecule has 7 nitrogen and oxygen atoms in total. The smallest absolute Gasteiger partial charge is 0.250 e. The van der Waals surface area contributed by atoms with Gasteiger partial charge in [0.05, 0.1) is 7.11 Å². The summed E-state index contributed by atoms with van der Waals surface area (Å²) >= 11 is 0. The molecule has 32 heavy (non-hydrogen) atoms. The third-order valence-corrected chi connectivity index (χ3v) is 6.69. The minimum atomic E-state index is -0.658. The minimum absolute atomic E-state index is 0.00223. The molecule has 2 amide bonds. The molecule has 1 atom stereocenters. The highest BCUT2D eigenvalue weighted by Gasteiger charge is 2.43. The van der Waals surface area contributed by atoms with E-state index in [4.69, 9.17) is 14.2 Å². The summed E-state index contributed by atoms with van der Waals surface area (Å²) in [6.45, 7) is 0.669. The van der Waals surface area contributed by atoms with Crippen LogP contribution >= 0.6 is 0 Å². The lowest BCUT2D eigenvalue weighted by molar-refractivity contribution is -0.160. The predicted molar refractivity (Wildman–Crippen MR) is 117 cm³/mol. The second-order valence-corrected chi connectivity index (χ2v) is 8.64. The number of carbonyl (C=O) groups is 2. The van der Waals surface area contributed by atoms with Crippen LogP contribution in [0.1, 0.15) is 49.3 Å². The third-order valence-electron chi connectivity index (χ3n) is 6.69. The fourth-order valence-electron chi connectivity index (χ4n) is 4.97. The summed E-state index contributed by atoms with van der Waals surface area (Å²) in [5, 5.41) is 0. The molecule has 0 bridgehead atoms. The maximum Gasteiger partial charge on any atom is 0.250 e. The second kappa shape index (κ2) is 8.73. The Hall–Kier alpha value is -3.22. The zero-order chi connectivity index (χ0) is 22.1. The molecule has 7 heteroatoms. The normalized spacial score (nSPS) is 21.2. The van der Waals surface area contributed by atoms with Crippen molar-refractivity contribution in [2.75, 3.05) is 20.4 Å². The molecule has 0 aromatic heterocycles. The fourth-order valence-corrected chi connectivity index (χ4v) is 4.97. The van der Waals surface area contributed by atoms with Crippen molar-refractivity contribution in [1.29, 1.82) is 0 Å². The van der Waals surface area contributed by atoms with Gasteiger partial charge in [0, 0.05) is 12.6 Å². The Bertz CT molecular complexity index is 1000. The van der Waals surface area contributed by atoms with Gasteiger partial charge in [-0.25, -0.2) is 0 Å². The van der Waals surface area contributed by atoms with Gasteiger partial charge in [0.1, 0.15) is 18.3 Å². The molecule has 1 saturated carbocycles. The van der Waals surface area contributed by atoms with Gasteiger partial charge in [-0.3, -0.25) is 9.59 Å². The van der Waals surface area contributed by atoms with E-state index in [1.807, 2.05) is 47.4 Å². The molecule has 1 aliphatic carbocycles. The van der Waals surface area contributed by atoms with Crippen molar-refractivity contribution < 1.29 is 23.8 Å². The zero-order valence-corrected chi connectivity index (χ0v) is 18.3. The Labute approximate surface area is 187 Å². The van der Waals surface area contributed by atoms with Crippen molar-refractivity contribution in [2.24, 2.45) is 0 Å². The average molecular weight is 437 g/mol. The molecule has 0 N–H and O–H groups in total. The second-order valence-electron chi connectivity index (χ2n) is 8.64. The minimum Gasteiger partial charge on any atom is -0.497 e. The number of ether oxygens (including phenoxy) is 3. The lowest BCUT2D eigenvalue weighted by Crippen LogP contribution is -2.58. The third kappa shape index (κ3) is 3.87. The van der Waals surface area contributed by atoms with Crippen molar-refractivity contribution in [3.8, 4) is 17.2 Å². The van der Waals surface area contributed by atoms with Crippen molar-refractivity contribution >= 4 is 11.8 Å². The van der Waals surface area contributed by atoms with Gasteiger partial charge in [-0.05, 0) is 48.2 Å². The number of rotatable bonds is 5. The van der Waals surface area contributed by atoms with Crippen LogP contribution in [0.3, 0.4) is 0 Å². The van der Waals surface area contributed by atoms with Crippen LogP contribution in [0.2, 0.25) is 0 Å². The van der Waals surface area contributed by atoms with E-state index in [1.165, 1.54) is 6.42 Å². The van der Waals surface area contributed by atoms with E-state index in [2.05, 4.69) is 0 Å². The Kier molecular flexibility index (Phi) is 5.64. The van der Waals surface area contributed by atoms with Gasteiger partial charge in [0.25, 0.3) is 5.91 Å². The lowest BCUT2D eigenvalue weighted by atomic mass is 9.91. The van der Waals surface area contributed by atoms with Gasteiger partial charge in [-0.1, -0.05) is 37.5 Å². The van der Waals surface area contributed by atoms with Crippen molar-refractivity contribution in [1.82, 2.24) is 9.80 Å². The molecule has 2 aromatic rings. The van der Waals surface area contributed by atoms with E-state index < -0.39 is 6.04 Å². The van der Waals surface area contributed by atoms with Crippen LogP contribution in [0, 0.1) is 0 Å². The summed E-state index contributed by atoms with van der Waals surface area (Å²) < 4.78 is 16.2. The number of hydrogen-bond acceptors (Lipinski definition) is 5. The number of methoxy groups -OCH3 is 1. The Morgan fingerprint density at radius 2 is 1.72 bits per heavy atom. The van der Waals surface area contributed by atoms with Crippen molar-refractivity contribution in [2.45, 2.75) is 50.7 Å². The van der Waals surface area contributed by atoms with E-state index in [0.29, 0.717) is 18.0 Å². The van der Waals surface area contributed by atoms with Crippen molar-refractivity contribution in [3.05, 3.63) is 53.6 Å². The van der Waals surface area contributed by atoms with E-state index in [9.17, 15) is 9.59 Å². The summed E-state index contributed by atoms with van der Waals surface area (Å²) in [4.78, 5) is 30.7. The number of amides is 2. The molecule has 2 aromatic carbocycles. The monoisotopic (exact) mass is 436 g/mol. The highest BCUT2D eigenvalue weighted by molar-refractivity contribution is 5.95. The number of nitrogens with zero attached hydrogens (tertiary/aromatic N) is 2. The number of piperazine rings is 1. The summed E-state index contributed by atoms with van der Waals surface area (Å²) in [5.74, 6) is 2.05. The standard InChI is InChI=1S/C25H28N2O5/c1-30-20-10-8-18(9-11-20)24-25(29)26(19-5-3-2-4-6-19)15-23(28)27(24)14-17-7-12-21-22(13-17)32-16-31-21/h7-13,19,24H,2-6,14-16H2,1H3/t24-/m1/s1. The van der Waals surface area contributed by atoms with Gasteiger partial charge in [0.2, 0.25) is 12.7 Å². The summed E-state index contributed by atoms with van der Waals surface area (Å²) in [7, 11) is 1.61. The number of benzene rings is 2. The maximum atomic E-state index is 13.8. The van der Waals surface area contributed by atoms with Gasteiger partial charge >= 0.3 is 0 Å². The van der Waals surface area contributed by atoms with Crippen molar-refractivity contribution in [3.63, 3.8) is 0 Å². The molecule has 2 aliphatic heterocycles. The molecule has 2 heterocycles. The highest BCUT2D eigenvalue weighted by atomic mass is 16.7. The van der Waals surface area contributed by atoms with E-state index in [-0.39, 0.29) is 31.2 Å². The largest absolute Gasteiger partial charge is 0.497 e. The molecule has 3 aliphatic rings. The van der Waals surface area contributed by atoms with Gasteiger partial charge in [-0.15, -0.1) is 0 Å². The molecule has 1 saturated heterocycles. The molecule has 2 fully saturated rings. The molecule has 0 radical (unpaired) electrons. The first-order valence-electron chi connectivity index (χ1n) is 11.3. The Balaban J connectivity index is 1.47. The summed E-state index contributed by atoms with van der Waals surface area (Å²) in [6.07, 6.45) is 5.35. The van der Waals surface area contributed by atoms with E-state index in [0.717, 1.165) is 42.6 Å². The molecule has 168 valence electrons. The number of carbonyl (C=O) groups excluding carboxylic acids is 2. The maximum absolute atomic E-state index is 13.8. The molecular weight excluding hydrogens is 408 g/mol. The zero-order valence-electron chi connectivity index (χ0n) is 18.3. The molecule has 0 spiro atoms. The molecule has 5 rings (SSSR count). The lowest BCUT2D eigenvalue weighted by Gasteiger charge is -2.44. The quantitative estimate of drug-likeness (QED) is 0.716. The topological polar surface area (TPSA) is 68.3 Å². The summed E-state index contributed by atoms with van der Waals surface area (Å²) in [6, 6.07) is 12.6. The fraction of sp³-hybridized carbons (Fsp3) is 0.440. The average Bonchev–Trinajstić information content (AvgIpc) is 3.30. The predicted octanol–water partition coefficient (Wildman–Crippen LogP) is 3.67. The van der Waals surface area contributed by atoms with Crippen LogP contribution in [0.15, 0.2) is 42.5 Å². The molecular formula is C25H28N2O5. The summed E-state index contributed by atoms with van der Waals surface area (Å²) in [5.41, 5.74) is 1.70. The van der Waals surface area contributed by atoms with Crippen LogP contribution < -0.4 is 14.2 Å². The molecule has 0 unspecified atom stereocenters. The highest BCUT2D eigenvalue weighted by Crippen LogP contribution is 2.36. The Morgan fingerprint density at radius 1 is 0.969 bits per heavy atom. The first kappa shape index (κ1) is 20.7. The van der Waals surface area contributed by atoms with Crippen LogP contribution in [0.4, 0.5) is 0 Å². The number of hydrogen-bond donors (Lipinski definition) is 0. The van der Waals surface area contributed by atoms with Crippen LogP contribution in [0.5, 0.6) is 17.2 Å². The van der Waals surface area contributed by atoms with Crippen LogP contribution in [0.25, 0.3) is 0 Å². The number of fused-ring (bicyclic) bond motifs is 1. The first-order chi connectivity index (χ1) is 15.6. The van der Waals surface area contributed by atoms with E-state index in [1.54, 1.807) is 12.0 Å². The first-order valence-corrected chi connectivity index (χ1v) is 11.3. The van der Waals surface area contributed by atoms with Crippen LogP contribution in [-0.4, -0.2) is 48.1 Å². The van der Waals surface area contributed by atoms with Crippen LogP contribution in [-0.2, 0) is 16.1 Å². The van der Waals surface area contributed by atoms with Gasteiger partial charge < -0.3 is 24.0 Å².